The predicted octanol–water partition coefficient (Wildman–Crippen LogP) is 2.49. The lowest BCUT2D eigenvalue weighted by Gasteiger charge is -2.56. The van der Waals surface area contributed by atoms with Crippen LogP contribution >= 0.6 is 0 Å². The summed E-state index contributed by atoms with van der Waals surface area (Å²) in [6, 6.07) is 0.164. The molecule has 2 rings (SSSR count). The molecule has 6 nitrogen and oxygen atoms in total. The zero-order valence-corrected chi connectivity index (χ0v) is 18.5. The highest BCUT2D eigenvalue weighted by Gasteiger charge is 2.53. The maximum absolute atomic E-state index is 12.5. The smallest absolute Gasteiger partial charge is 0.223 e. The van der Waals surface area contributed by atoms with Crippen molar-refractivity contribution in [2.45, 2.75) is 84.9 Å². The summed E-state index contributed by atoms with van der Waals surface area (Å²) >= 11 is 0. The van der Waals surface area contributed by atoms with Gasteiger partial charge in [0.05, 0.1) is 12.7 Å². The van der Waals surface area contributed by atoms with E-state index in [1.807, 2.05) is 20.8 Å². The van der Waals surface area contributed by atoms with E-state index in [-0.39, 0.29) is 53.0 Å². The Bertz CT molecular complexity index is 553. The Kier molecular flexibility index (Phi) is 7.91. The van der Waals surface area contributed by atoms with Crippen molar-refractivity contribution < 1.29 is 19.4 Å². The van der Waals surface area contributed by atoms with Gasteiger partial charge in [-0.3, -0.25) is 9.59 Å². The van der Waals surface area contributed by atoms with Crippen LogP contribution in [0.4, 0.5) is 0 Å². The number of aliphatic hydroxyl groups excluding tert-OH is 1. The molecule has 0 bridgehead atoms. The number of hydrogen-bond acceptors (Lipinski definition) is 4. The van der Waals surface area contributed by atoms with E-state index in [4.69, 9.17) is 4.74 Å². The van der Waals surface area contributed by atoms with Crippen LogP contribution in [-0.2, 0) is 14.3 Å². The molecule has 0 aromatic rings. The molecule has 0 aliphatic heterocycles. The van der Waals surface area contributed by atoms with Crippen molar-refractivity contribution in [1.82, 2.24) is 10.6 Å². The third-order valence-corrected chi connectivity index (χ3v) is 7.25. The van der Waals surface area contributed by atoms with Gasteiger partial charge in [0.25, 0.3) is 0 Å². The zero-order chi connectivity index (χ0) is 21.1. The molecule has 162 valence electrons. The van der Waals surface area contributed by atoms with Gasteiger partial charge in [-0.05, 0) is 62.7 Å². The quantitative estimate of drug-likeness (QED) is 0.617. The number of aliphatic hydroxyl groups is 1. The van der Waals surface area contributed by atoms with Crippen LogP contribution in [0.5, 0.6) is 0 Å². The van der Waals surface area contributed by atoms with Gasteiger partial charge in [-0.2, -0.15) is 0 Å². The van der Waals surface area contributed by atoms with Crippen molar-refractivity contribution in [2.75, 3.05) is 13.7 Å². The fraction of sp³-hybridized carbons (Fsp3) is 0.909. The highest BCUT2D eigenvalue weighted by Crippen LogP contribution is 2.55. The van der Waals surface area contributed by atoms with Crippen LogP contribution < -0.4 is 10.6 Å². The molecule has 2 aliphatic carbocycles. The molecule has 3 N–H and O–H groups in total. The van der Waals surface area contributed by atoms with Crippen LogP contribution in [0.25, 0.3) is 0 Å². The van der Waals surface area contributed by atoms with Crippen LogP contribution in [-0.4, -0.2) is 48.8 Å². The lowest BCUT2D eigenvalue weighted by Crippen LogP contribution is -2.58. The van der Waals surface area contributed by atoms with Crippen molar-refractivity contribution in [3.63, 3.8) is 0 Å². The highest BCUT2D eigenvalue weighted by molar-refractivity contribution is 5.79. The molecule has 6 heteroatoms. The average Bonchev–Trinajstić information content (AvgIpc) is 2.61. The van der Waals surface area contributed by atoms with Crippen LogP contribution in [0.15, 0.2) is 0 Å². The van der Waals surface area contributed by atoms with Crippen LogP contribution in [0.2, 0.25) is 0 Å². The van der Waals surface area contributed by atoms with Crippen molar-refractivity contribution in [1.29, 1.82) is 0 Å². The molecule has 0 spiro atoms. The summed E-state index contributed by atoms with van der Waals surface area (Å²) in [5.74, 6) is 0.0304. The first kappa shape index (κ1) is 23.1. The van der Waals surface area contributed by atoms with Gasteiger partial charge in [-0.15, -0.1) is 0 Å². The summed E-state index contributed by atoms with van der Waals surface area (Å²) < 4.78 is 5.00. The molecule has 7 atom stereocenters. The van der Waals surface area contributed by atoms with E-state index in [0.29, 0.717) is 13.0 Å². The van der Waals surface area contributed by atoms with Gasteiger partial charge in [0.2, 0.25) is 11.8 Å². The maximum atomic E-state index is 12.5. The molecule has 28 heavy (non-hydrogen) atoms. The van der Waals surface area contributed by atoms with Crippen LogP contribution in [0.1, 0.15) is 66.7 Å². The van der Waals surface area contributed by atoms with E-state index in [2.05, 4.69) is 24.5 Å². The summed E-state index contributed by atoms with van der Waals surface area (Å²) in [5.41, 5.74) is 0.0668. The van der Waals surface area contributed by atoms with Crippen molar-refractivity contribution in [3.05, 3.63) is 0 Å². The lowest BCUT2D eigenvalue weighted by atomic mass is 9.51. The second-order valence-corrected chi connectivity index (χ2v) is 9.64. The van der Waals surface area contributed by atoms with Gasteiger partial charge >= 0.3 is 0 Å². The molecule has 0 aromatic carbocycles. The Morgan fingerprint density at radius 3 is 2.46 bits per heavy atom. The molecule has 2 aliphatic rings. The minimum absolute atomic E-state index is 0.00818. The van der Waals surface area contributed by atoms with E-state index in [0.717, 1.165) is 25.7 Å². The molecule has 0 radical (unpaired) electrons. The van der Waals surface area contributed by atoms with Gasteiger partial charge < -0.3 is 20.5 Å². The summed E-state index contributed by atoms with van der Waals surface area (Å²) in [7, 11) is 1.59. The second-order valence-electron chi connectivity index (χ2n) is 9.64. The van der Waals surface area contributed by atoms with Crippen molar-refractivity contribution >= 4 is 11.8 Å². The SMILES string of the molecule is COCCC(=O)N[C@H]1CC[C@]2(C)CC[C@@H]([C@H](C)C(=O)NC(C)C)[C@H](O)[C@H]2[C@@H]1C. The summed E-state index contributed by atoms with van der Waals surface area (Å²) in [6.07, 6.45) is 3.66. The van der Waals surface area contributed by atoms with E-state index in [9.17, 15) is 14.7 Å². The summed E-state index contributed by atoms with van der Waals surface area (Å²) in [6.45, 7) is 10.7. The molecular weight excluding hydrogens is 356 g/mol. The van der Waals surface area contributed by atoms with E-state index >= 15 is 0 Å². The minimum atomic E-state index is -0.527. The standard InChI is InChI=1S/C22H40N2O4/c1-13(2)23-21(27)14(3)16-7-10-22(5)11-8-17(15(4)19(22)20(16)26)24-18(25)9-12-28-6/h13-17,19-20,26H,7-12H2,1-6H3,(H,23,27)(H,24,25)/t14-,15+,16-,17-,19+,20-,22-/m0/s1. The fourth-order valence-corrected chi connectivity index (χ4v) is 5.58. The maximum Gasteiger partial charge on any atom is 0.223 e. The summed E-state index contributed by atoms with van der Waals surface area (Å²) in [5, 5.41) is 17.5. The van der Waals surface area contributed by atoms with Gasteiger partial charge in [0.1, 0.15) is 0 Å². The number of fused-ring (bicyclic) bond motifs is 1. The Morgan fingerprint density at radius 1 is 1.21 bits per heavy atom. The van der Waals surface area contributed by atoms with Crippen molar-refractivity contribution in [2.24, 2.45) is 29.1 Å². The Labute approximate surface area is 170 Å². The molecule has 2 fully saturated rings. The number of amides is 2. The largest absolute Gasteiger partial charge is 0.392 e. The molecular formula is C22H40N2O4. The first-order valence-electron chi connectivity index (χ1n) is 10.9. The van der Waals surface area contributed by atoms with Crippen LogP contribution in [0.3, 0.4) is 0 Å². The molecule has 2 saturated carbocycles. The third-order valence-electron chi connectivity index (χ3n) is 7.25. The predicted molar refractivity (Wildman–Crippen MR) is 110 cm³/mol. The first-order valence-corrected chi connectivity index (χ1v) is 10.9. The number of methoxy groups -OCH3 is 1. The zero-order valence-electron chi connectivity index (χ0n) is 18.5. The van der Waals surface area contributed by atoms with Gasteiger partial charge in [-0.25, -0.2) is 0 Å². The van der Waals surface area contributed by atoms with E-state index in [1.165, 1.54) is 0 Å². The third kappa shape index (κ3) is 5.07. The van der Waals surface area contributed by atoms with Gasteiger partial charge in [0, 0.05) is 31.5 Å². The topological polar surface area (TPSA) is 87.7 Å². The molecule has 0 unspecified atom stereocenters. The monoisotopic (exact) mass is 396 g/mol. The minimum Gasteiger partial charge on any atom is -0.392 e. The highest BCUT2D eigenvalue weighted by atomic mass is 16.5. The van der Waals surface area contributed by atoms with Gasteiger partial charge in [-0.1, -0.05) is 20.8 Å². The number of ether oxygens (including phenoxy) is 1. The Hall–Kier alpha value is -1.14. The number of carbonyl (C=O) groups excluding carboxylic acids is 2. The lowest BCUT2D eigenvalue weighted by molar-refractivity contribution is -0.144. The average molecular weight is 397 g/mol. The van der Waals surface area contributed by atoms with Gasteiger partial charge in [0.15, 0.2) is 0 Å². The Morgan fingerprint density at radius 2 is 1.86 bits per heavy atom. The number of carbonyl (C=O) groups is 2. The second kappa shape index (κ2) is 9.57. The molecule has 0 heterocycles. The number of rotatable bonds is 7. The van der Waals surface area contributed by atoms with E-state index in [1.54, 1.807) is 7.11 Å². The molecule has 2 amide bonds. The molecule has 0 saturated heterocycles. The van der Waals surface area contributed by atoms with E-state index < -0.39 is 6.10 Å². The Balaban J connectivity index is 2.10. The first-order chi connectivity index (χ1) is 13.1. The molecule has 0 aromatic heterocycles. The normalized spacial score (nSPS) is 36.5. The van der Waals surface area contributed by atoms with Crippen LogP contribution in [0, 0.1) is 29.1 Å². The summed E-state index contributed by atoms with van der Waals surface area (Å²) in [4.78, 5) is 24.7. The number of hydrogen-bond donors (Lipinski definition) is 3. The van der Waals surface area contributed by atoms with Crippen molar-refractivity contribution in [3.8, 4) is 0 Å². The number of nitrogens with one attached hydrogen (secondary N) is 2. The fourth-order valence-electron chi connectivity index (χ4n) is 5.58.